The first kappa shape index (κ1) is 18.1. The van der Waals surface area contributed by atoms with E-state index in [9.17, 15) is 21.6 Å². The summed E-state index contributed by atoms with van der Waals surface area (Å²) in [7, 11) is -5.60. The number of halogens is 3. The van der Waals surface area contributed by atoms with E-state index in [4.69, 9.17) is 10.5 Å². The van der Waals surface area contributed by atoms with E-state index in [2.05, 4.69) is 0 Å². The third-order valence-electron chi connectivity index (χ3n) is 3.80. The molecule has 0 unspecified atom stereocenters. The maximum atomic E-state index is 13.0. The zero-order valence-corrected chi connectivity index (χ0v) is 14.1. The Kier molecular flexibility index (Phi) is 4.53. The van der Waals surface area contributed by atoms with E-state index in [1.54, 1.807) is 6.07 Å². The fourth-order valence-electron chi connectivity index (χ4n) is 2.53. The molecule has 0 saturated heterocycles. The Morgan fingerprint density at radius 2 is 1.62 bits per heavy atom. The number of anilines is 1. The van der Waals surface area contributed by atoms with Crippen LogP contribution in [0, 0.1) is 0 Å². The van der Waals surface area contributed by atoms with Gasteiger partial charge in [-0.05, 0) is 29.1 Å². The molecule has 0 atom stereocenters. The fraction of sp³-hybridized carbons (Fsp3) is 0.111. The van der Waals surface area contributed by atoms with Gasteiger partial charge in [0.15, 0.2) is 0 Å². The Hall–Kier alpha value is -2.74. The number of ether oxygens (including phenoxy) is 1. The van der Waals surface area contributed by atoms with E-state index in [1.807, 2.05) is 30.3 Å². The van der Waals surface area contributed by atoms with Gasteiger partial charge in [0.1, 0.15) is 17.3 Å². The van der Waals surface area contributed by atoms with Gasteiger partial charge in [0.05, 0.1) is 5.69 Å². The molecule has 4 nitrogen and oxygen atoms in total. The smallest absolute Gasteiger partial charge is 0.489 e. The minimum Gasteiger partial charge on any atom is -0.489 e. The zero-order chi connectivity index (χ0) is 18.9. The Morgan fingerprint density at radius 1 is 0.962 bits per heavy atom. The molecule has 3 aromatic rings. The van der Waals surface area contributed by atoms with Gasteiger partial charge in [-0.2, -0.15) is 13.2 Å². The topological polar surface area (TPSA) is 69.4 Å². The summed E-state index contributed by atoms with van der Waals surface area (Å²) in [5, 5.41) is 0.182. The molecule has 0 radical (unpaired) electrons. The first-order valence-corrected chi connectivity index (χ1v) is 8.99. The van der Waals surface area contributed by atoms with Gasteiger partial charge in [0.2, 0.25) is 0 Å². The number of hydrogen-bond donors (Lipinski definition) is 1. The Labute approximate surface area is 147 Å². The van der Waals surface area contributed by atoms with Crippen molar-refractivity contribution in [3.05, 3.63) is 66.2 Å². The highest BCUT2D eigenvalue weighted by atomic mass is 32.2. The largest absolute Gasteiger partial charge is 0.502 e. The molecule has 2 N–H and O–H groups in total. The van der Waals surface area contributed by atoms with Crippen molar-refractivity contribution in [2.75, 3.05) is 5.73 Å². The van der Waals surface area contributed by atoms with E-state index < -0.39 is 25.9 Å². The second-order valence-electron chi connectivity index (χ2n) is 5.59. The number of nitrogen functional groups attached to an aromatic ring is 1. The van der Waals surface area contributed by atoms with Gasteiger partial charge < -0.3 is 10.5 Å². The van der Waals surface area contributed by atoms with Crippen molar-refractivity contribution >= 4 is 26.3 Å². The zero-order valence-electron chi connectivity index (χ0n) is 13.3. The lowest BCUT2D eigenvalue weighted by Gasteiger charge is -2.14. The van der Waals surface area contributed by atoms with E-state index in [0.29, 0.717) is 5.39 Å². The number of hydrogen-bond acceptors (Lipinski definition) is 4. The van der Waals surface area contributed by atoms with Crippen LogP contribution in [-0.2, 0) is 16.4 Å². The molecule has 0 aliphatic heterocycles. The van der Waals surface area contributed by atoms with E-state index in [-0.39, 0.29) is 17.7 Å². The predicted octanol–water partition coefficient (Wildman–Crippen LogP) is 4.29. The Morgan fingerprint density at radius 3 is 2.27 bits per heavy atom. The van der Waals surface area contributed by atoms with Crippen LogP contribution in [0.25, 0.3) is 10.8 Å². The van der Waals surface area contributed by atoms with E-state index in [1.165, 1.54) is 18.2 Å². The molecule has 3 rings (SSSR count). The lowest BCUT2D eigenvalue weighted by atomic mass is 10.1. The maximum absolute atomic E-state index is 13.0. The number of rotatable bonds is 4. The summed E-state index contributed by atoms with van der Waals surface area (Å²) in [6.07, 6.45) is 0. The average molecular weight is 381 g/mol. The first-order chi connectivity index (χ1) is 12.2. The van der Waals surface area contributed by atoms with E-state index in [0.717, 1.165) is 11.6 Å². The Balaban J connectivity index is 2.07. The van der Waals surface area contributed by atoms with Gasteiger partial charge in [0, 0.05) is 5.39 Å². The molecular weight excluding hydrogens is 367 g/mol. The minimum absolute atomic E-state index is 0.132. The highest BCUT2D eigenvalue weighted by Crippen LogP contribution is 2.39. The molecule has 0 bridgehead atoms. The standard InChI is InChI=1S/C18H14F3NO3S/c19-18(20,21)26(23,24)17-15-10-14(8-6-13(15)7-9-16(17)22)25-11-12-4-2-1-3-5-12/h1-10H,11,22H2. The van der Waals surface area contributed by atoms with Crippen LogP contribution >= 0.6 is 0 Å². The SMILES string of the molecule is Nc1ccc2ccc(OCc3ccccc3)cc2c1S(=O)(=O)C(F)(F)F. The van der Waals surface area contributed by atoms with Gasteiger partial charge in [-0.15, -0.1) is 0 Å². The summed E-state index contributed by atoms with van der Waals surface area (Å²) in [5.74, 6) is 0.241. The number of benzene rings is 3. The molecule has 26 heavy (non-hydrogen) atoms. The number of sulfone groups is 1. The van der Waals surface area contributed by atoms with Crippen molar-refractivity contribution in [3.63, 3.8) is 0 Å². The lowest BCUT2D eigenvalue weighted by Crippen LogP contribution is -2.24. The van der Waals surface area contributed by atoms with Crippen molar-refractivity contribution in [3.8, 4) is 5.75 Å². The molecule has 0 aliphatic carbocycles. The highest BCUT2D eigenvalue weighted by molar-refractivity contribution is 7.92. The molecule has 136 valence electrons. The first-order valence-electron chi connectivity index (χ1n) is 7.50. The molecule has 0 heterocycles. The summed E-state index contributed by atoms with van der Waals surface area (Å²) < 4.78 is 68.5. The molecule has 8 heteroatoms. The molecular formula is C18H14F3NO3S. The van der Waals surface area contributed by atoms with Crippen LogP contribution in [0.15, 0.2) is 65.6 Å². The summed E-state index contributed by atoms with van der Waals surface area (Å²) in [6, 6.07) is 16.1. The maximum Gasteiger partial charge on any atom is 0.502 e. The highest BCUT2D eigenvalue weighted by Gasteiger charge is 2.48. The van der Waals surface area contributed by atoms with Gasteiger partial charge in [-0.1, -0.05) is 42.5 Å². The lowest BCUT2D eigenvalue weighted by molar-refractivity contribution is -0.0435. The molecule has 0 aromatic heterocycles. The molecule has 0 spiro atoms. The van der Waals surface area contributed by atoms with Gasteiger partial charge >= 0.3 is 5.51 Å². The van der Waals surface area contributed by atoms with Gasteiger partial charge in [-0.3, -0.25) is 0 Å². The summed E-state index contributed by atoms with van der Waals surface area (Å²) in [5.41, 5.74) is 0.518. The molecule has 0 fully saturated rings. The second kappa shape index (κ2) is 6.53. The monoisotopic (exact) mass is 381 g/mol. The van der Waals surface area contributed by atoms with Gasteiger partial charge in [0.25, 0.3) is 9.84 Å². The van der Waals surface area contributed by atoms with Crippen LogP contribution in [0.2, 0.25) is 0 Å². The summed E-state index contributed by atoms with van der Waals surface area (Å²) in [6.45, 7) is 0.190. The third kappa shape index (κ3) is 3.32. The normalized spacial score (nSPS) is 12.3. The van der Waals surface area contributed by atoms with Crippen molar-refractivity contribution in [1.82, 2.24) is 0 Å². The number of fused-ring (bicyclic) bond motifs is 1. The van der Waals surface area contributed by atoms with Crippen molar-refractivity contribution in [1.29, 1.82) is 0 Å². The van der Waals surface area contributed by atoms with Gasteiger partial charge in [-0.25, -0.2) is 8.42 Å². The quantitative estimate of drug-likeness (QED) is 0.685. The molecule has 3 aromatic carbocycles. The van der Waals surface area contributed by atoms with Crippen molar-refractivity contribution in [2.24, 2.45) is 0 Å². The second-order valence-corrected chi connectivity index (χ2v) is 7.47. The van der Waals surface area contributed by atoms with Crippen LogP contribution < -0.4 is 10.5 Å². The average Bonchev–Trinajstić information content (AvgIpc) is 2.59. The fourth-order valence-corrected chi connectivity index (χ4v) is 3.61. The number of nitrogens with two attached hydrogens (primary N) is 1. The predicted molar refractivity (Wildman–Crippen MR) is 92.4 cm³/mol. The summed E-state index contributed by atoms with van der Waals surface area (Å²) in [4.78, 5) is -0.951. The number of alkyl halides is 3. The van der Waals surface area contributed by atoms with E-state index >= 15 is 0 Å². The minimum atomic E-state index is -5.60. The molecule has 0 saturated carbocycles. The van der Waals surface area contributed by atoms with Crippen LogP contribution in [0.3, 0.4) is 0 Å². The van der Waals surface area contributed by atoms with Crippen LogP contribution in [0.1, 0.15) is 5.56 Å². The van der Waals surface area contributed by atoms with Crippen LogP contribution in [0.4, 0.5) is 18.9 Å². The van der Waals surface area contributed by atoms with Crippen LogP contribution in [0.5, 0.6) is 5.75 Å². The Bertz CT molecular complexity index is 1050. The third-order valence-corrected chi connectivity index (χ3v) is 5.40. The van der Waals surface area contributed by atoms with Crippen molar-refractivity contribution in [2.45, 2.75) is 17.0 Å². The van der Waals surface area contributed by atoms with Crippen molar-refractivity contribution < 1.29 is 26.3 Å². The summed E-state index contributed by atoms with van der Waals surface area (Å²) >= 11 is 0. The molecule has 0 amide bonds. The molecule has 0 aliphatic rings. The van der Waals surface area contributed by atoms with Crippen LogP contribution in [-0.4, -0.2) is 13.9 Å².